The zero-order valence-corrected chi connectivity index (χ0v) is 14.3. The van der Waals surface area contributed by atoms with Gasteiger partial charge in [-0.05, 0) is 73.1 Å². The summed E-state index contributed by atoms with van der Waals surface area (Å²) < 4.78 is 1.07. The van der Waals surface area contributed by atoms with Gasteiger partial charge >= 0.3 is 0 Å². The molecular weight excluding hydrogens is 322 g/mol. The Morgan fingerprint density at radius 2 is 2.11 bits per heavy atom. The summed E-state index contributed by atoms with van der Waals surface area (Å²) in [6.07, 6.45) is 4.89. The molecule has 0 aliphatic heterocycles. The van der Waals surface area contributed by atoms with Gasteiger partial charge in [-0.3, -0.25) is 9.69 Å². The lowest BCUT2D eigenvalue weighted by atomic mass is 9.73. The molecule has 106 valence electrons. The summed E-state index contributed by atoms with van der Waals surface area (Å²) in [6.45, 7) is 2.29. The molecule has 19 heavy (non-hydrogen) atoms. The first-order valence-corrected chi connectivity index (χ1v) is 8.55. The van der Waals surface area contributed by atoms with E-state index in [4.69, 9.17) is 0 Å². The van der Waals surface area contributed by atoms with E-state index in [0.29, 0.717) is 12.2 Å². The third kappa shape index (κ3) is 3.11. The fourth-order valence-corrected chi connectivity index (χ4v) is 4.47. The molecule has 0 N–H and O–H groups in total. The molecule has 0 spiro atoms. The van der Waals surface area contributed by atoms with Gasteiger partial charge in [0, 0.05) is 15.8 Å². The Labute approximate surface area is 128 Å². The SMILES string of the molecule is CC1CCC(C(=O)Cc2sccc2Br)(N(C)C)CC1. The van der Waals surface area contributed by atoms with Crippen molar-refractivity contribution in [3.8, 4) is 0 Å². The quantitative estimate of drug-likeness (QED) is 0.818. The molecule has 1 aromatic rings. The van der Waals surface area contributed by atoms with Crippen molar-refractivity contribution in [3.05, 3.63) is 20.8 Å². The van der Waals surface area contributed by atoms with Gasteiger partial charge in [-0.2, -0.15) is 0 Å². The van der Waals surface area contributed by atoms with Crippen molar-refractivity contribution in [2.45, 2.75) is 44.6 Å². The first-order valence-electron chi connectivity index (χ1n) is 6.88. The summed E-state index contributed by atoms with van der Waals surface area (Å²) in [5.41, 5.74) is -0.240. The molecular formula is C15H22BrNOS. The van der Waals surface area contributed by atoms with Gasteiger partial charge < -0.3 is 0 Å². The van der Waals surface area contributed by atoms with Gasteiger partial charge in [-0.25, -0.2) is 0 Å². The number of thiophene rings is 1. The van der Waals surface area contributed by atoms with E-state index in [2.05, 4.69) is 41.8 Å². The van der Waals surface area contributed by atoms with Crippen LogP contribution in [0.25, 0.3) is 0 Å². The average Bonchev–Trinajstić information content (AvgIpc) is 2.76. The van der Waals surface area contributed by atoms with Crippen LogP contribution in [0.3, 0.4) is 0 Å². The van der Waals surface area contributed by atoms with Crippen molar-refractivity contribution in [3.63, 3.8) is 0 Å². The number of carbonyl (C=O) groups excluding carboxylic acids is 1. The van der Waals surface area contributed by atoms with Gasteiger partial charge in [0.05, 0.1) is 5.54 Å². The van der Waals surface area contributed by atoms with Crippen LogP contribution in [-0.2, 0) is 11.2 Å². The molecule has 0 saturated heterocycles. The highest BCUT2D eigenvalue weighted by atomic mass is 79.9. The minimum Gasteiger partial charge on any atom is -0.297 e. The summed E-state index contributed by atoms with van der Waals surface area (Å²) in [5, 5.41) is 2.04. The Balaban J connectivity index is 2.16. The van der Waals surface area contributed by atoms with Crippen molar-refractivity contribution >= 4 is 33.0 Å². The Hall–Kier alpha value is -0.190. The molecule has 0 unspecified atom stereocenters. The topological polar surface area (TPSA) is 20.3 Å². The van der Waals surface area contributed by atoms with Gasteiger partial charge in [0.1, 0.15) is 0 Å². The van der Waals surface area contributed by atoms with Gasteiger partial charge in [0.2, 0.25) is 0 Å². The molecule has 0 amide bonds. The number of hydrogen-bond acceptors (Lipinski definition) is 3. The molecule has 1 saturated carbocycles. The summed E-state index contributed by atoms with van der Waals surface area (Å²) in [4.78, 5) is 16.1. The van der Waals surface area contributed by atoms with Crippen LogP contribution in [-0.4, -0.2) is 30.3 Å². The summed E-state index contributed by atoms with van der Waals surface area (Å²) >= 11 is 5.19. The van der Waals surface area contributed by atoms with Crippen LogP contribution < -0.4 is 0 Å². The largest absolute Gasteiger partial charge is 0.297 e. The zero-order valence-electron chi connectivity index (χ0n) is 11.9. The predicted octanol–water partition coefficient (Wildman–Crippen LogP) is 4.13. The Bertz CT molecular complexity index is 447. The van der Waals surface area contributed by atoms with Crippen molar-refractivity contribution in [1.82, 2.24) is 4.90 Å². The molecule has 1 fully saturated rings. The smallest absolute Gasteiger partial charge is 0.158 e. The number of Topliss-reactive ketones (excluding diaryl/α,β-unsaturated/α-hetero) is 1. The number of nitrogens with zero attached hydrogens (tertiary/aromatic N) is 1. The number of ketones is 1. The Morgan fingerprint density at radius 3 is 2.58 bits per heavy atom. The molecule has 1 aliphatic rings. The van der Waals surface area contributed by atoms with E-state index in [1.54, 1.807) is 11.3 Å². The molecule has 1 heterocycles. The normalized spacial score (nSPS) is 27.7. The van der Waals surface area contributed by atoms with E-state index in [9.17, 15) is 4.79 Å². The third-order valence-corrected chi connectivity index (χ3v) is 6.42. The number of halogens is 1. The minimum atomic E-state index is -0.240. The second kappa shape index (κ2) is 6.06. The lowest BCUT2D eigenvalue weighted by Gasteiger charge is -2.43. The van der Waals surface area contributed by atoms with E-state index >= 15 is 0 Å². The van der Waals surface area contributed by atoms with E-state index < -0.39 is 0 Å². The monoisotopic (exact) mass is 343 g/mol. The second-order valence-corrected chi connectivity index (χ2v) is 7.76. The molecule has 0 bridgehead atoms. The second-order valence-electron chi connectivity index (χ2n) is 5.90. The van der Waals surface area contributed by atoms with Gasteiger partial charge in [-0.15, -0.1) is 11.3 Å². The number of carbonyl (C=O) groups is 1. The van der Waals surface area contributed by atoms with Crippen LogP contribution in [0.4, 0.5) is 0 Å². The van der Waals surface area contributed by atoms with Crippen LogP contribution in [0.1, 0.15) is 37.5 Å². The Kier molecular flexibility index (Phi) is 4.85. The van der Waals surface area contributed by atoms with Crippen molar-refractivity contribution in [2.75, 3.05) is 14.1 Å². The molecule has 0 aromatic carbocycles. The maximum Gasteiger partial charge on any atom is 0.158 e. The number of hydrogen-bond donors (Lipinski definition) is 0. The van der Waals surface area contributed by atoms with Crippen LogP contribution in [0.5, 0.6) is 0 Å². The maximum absolute atomic E-state index is 12.8. The molecule has 2 nitrogen and oxygen atoms in total. The lowest BCUT2D eigenvalue weighted by molar-refractivity contribution is -0.131. The Morgan fingerprint density at radius 1 is 1.47 bits per heavy atom. The van der Waals surface area contributed by atoms with Crippen LogP contribution in [0, 0.1) is 5.92 Å². The van der Waals surface area contributed by atoms with E-state index in [1.165, 1.54) is 0 Å². The molecule has 1 aromatic heterocycles. The van der Waals surface area contributed by atoms with Gasteiger partial charge in [0.25, 0.3) is 0 Å². The van der Waals surface area contributed by atoms with Crippen molar-refractivity contribution < 1.29 is 4.79 Å². The van der Waals surface area contributed by atoms with Crippen LogP contribution in [0.2, 0.25) is 0 Å². The van der Waals surface area contributed by atoms with Crippen LogP contribution >= 0.6 is 27.3 Å². The number of rotatable bonds is 4. The highest BCUT2D eigenvalue weighted by Gasteiger charge is 2.42. The fourth-order valence-electron chi connectivity index (χ4n) is 2.98. The molecule has 0 atom stereocenters. The van der Waals surface area contributed by atoms with E-state index in [-0.39, 0.29) is 5.54 Å². The van der Waals surface area contributed by atoms with Gasteiger partial charge in [0.15, 0.2) is 5.78 Å². The van der Waals surface area contributed by atoms with Gasteiger partial charge in [-0.1, -0.05) is 6.92 Å². The molecule has 1 aliphatic carbocycles. The standard InChI is InChI=1S/C15H22BrNOS/c1-11-4-7-15(8-5-11,17(2)3)14(18)10-13-12(16)6-9-19-13/h6,9,11H,4-5,7-8,10H2,1-3H3. The van der Waals surface area contributed by atoms with E-state index in [1.807, 2.05) is 11.4 Å². The van der Waals surface area contributed by atoms with Crippen LogP contribution in [0.15, 0.2) is 15.9 Å². The highest BCUT2D eigenvalue weighted by molar-refractivity contribution is 9.10. The summed E-state index contributed by atoms with van der Waals surface area (Å²) in [6, 6.07) is 2.03. The predicted molar refractivity (Wildman–Crippen MR) is 84.8 cm³/mol. The maximum atomic E-state index is 12.8. The molecule has 2 rings (SSSR count). The van der Waals surface area contributed by atoms with Crippen molar-refractivity contribution in [2.24, 2.45) is 5.92 Å². The van der Waals surface area contributed by atoms with E-state index in [0.717, 1.165) is 41.0 Å². The zero-order chi connectivity index (χ0) is 14.0. The first kappa shape index (κ1) is 15.2. The summed E-state index contributed by atoms with van der Waals surface area (Å²) in [7, 11) is 4.11. The molecule has 0 radical (unpaired) electrons. The number of likely N-dealkylation sites (N-methyl/N-ethyl adjacent to an activating group) is 1. The van der Waals surface area contributed by atoms with Crippen molar-refractivity contribution in [1.29, 1.82) is 0 Å². The average molecular weight is 344 g/mol. The summed E-state index contributed by atoms with van der Waals surface area (Å²) in [5.74, 6) is 1.14. The highest BCUT2D eigenvalue weighted by Crippen LogP contribution is 2.37. The fraction of sp³-hybridized carbons (Fsp3) is 0.667. The third-order valence-electron chi connectivity index (χ3n) is 4.49. The first-order chi connectivity index (χ1) is 8.95. The minimum absolute atomic E-state index is 0.240. The lowest BCUT2D eigenvalue weighted by Crippen LogP contribution is -2.53. The molecule has 4 heteroatoms.